The highest BCUT2D eigenvalue weighted by atomic mass is 35.5. The zero-order chi connectivity index (χ0) is 15.4. The van der Waals surface area contributed by atoms with Crippen molar-refractivity contribution in [1.82, 2.24) is 15.1 Å². The van der Waals surface area contributed by atoms with E-state index in [9.17, 15) is 4.79 Å². The SMILES string of the molecule is O=C(C1COCCN1)N1CCN(Cc2ccc(Cl)cc2)CC1. The highest BCUT2D eigenvalue weighted by molar-refractivity contribution is 6.30. The van der Waals surface area contributed by atoms with E-state index in [2.05, 4.69) is 22.3 Å². The summed E-state index contributed by atoms with van der Waals surface area (Å²) < 4.78 is 5.37. The Hall–Kier alpha value is -1.14. The van der Waals surface area contributed by atoms with Gasteiger partial charge in [-0.05, 0) is 17.7 Å². The van der Waals surface area contributed by atoms with Crippen LogP contribution in [0.3, 0.4) is 0 Å². The topological polar surface area (TPSA) is 44.8 Å². The van der Waals surface area contributed by atoms with E-state index in [0.29, 0.717) is 13.2 Å². The minimum absolute atomic E-state index is 0.170. The molecule has 1 unspecified atom stereocenters. The monoisotopic (exact) mass is 323 g/mol. The molecule has 5 nitrogen and oxygen atoms in total. The van der Waals surface area contributed by atoms with E-state index in [1.807, 2.05) is 17.0 Å². The fourth-order valence-electron chi connectivity index (χ4n) is 2.92. The second-order valence-corrected chi connectivity index (χ2v) is 6.25. The van der Waals surface area contributed by atoms with Gasteiger partial charge in [-0.1, -0.05) is 23.7 Å². The van der Waals surface area contributed by atoms with Crippen molar-refractivity contribution in [2.45, 2.75) is 12.6 Å². The summed E-state index contributed by atoms with van der Waals surface area (Å²) in [6, 6.07) is 7.79. The largest absolute Gasteiger partial charge is 0.378 e. The van der Waals surface area contributed by atoms with Crippen molar-refractivity contribution in [3.05, 3.63) is 34.9 Å². The molecule has 3 rings (SSSR count). The van der Waals surface area contributed by atoms with E-state index in [4.69, 9.17) is 16.3 Å². The Balaban J connectivity index is 1.47. The highest BCUT2D eigenvalue weighted by Crippen LogP contribution is 2.13. The third-order valence-electron chi connectivity index (χ3n) is 4.22. The number of carbonyl (C=O) groups excluding carboxylic acids is 1. The number of carbonyl (C=O) groups is 1. The molecule has 1 N–H and O–H groups in total. The zero-order valence-electron chi connectivity index (χ0n) is 12.6. The van der Waals surface area contributed by atoms with Crippen molar-refractivity contribution in [2.24, 2.45) is 0 Å². The number of nitrogens with one attached hydrogen (secondary N) is 1. The second kappa shape index (κ2) is 7.42. The Labute approximate surface area is 136 Å². The van der Waals surface area contributed by atoms with Gasteiger partial charge >= 0.3 is 0 Å². The molecule has 0 spiro atoms. The molecule has 2 aliphatic heterocycles. The van der Waals surface area contributed by atoms with Crippen LogP contribution in [0.2, 0.25) is 5.02 Å². The molecule has 1 atom stereocenters. The summed E-state index contributed by atoms with van der Waals surface area (Å²) in [7, 11) is 0. The number of benzene rings is 1. The summed E-state index contributed by atoms with van der Waals surface area (Å²) in [4.78, 5) is 16.7. The molecular weight excluding hydrogens is 302 g/mol. The molecule has 6 heteroatoms. The molecule has 2 heterocycles. The van der Waals surface area contributed by atoms with E-state index in [1.165, 1.54) is 5.56 Å². The molecule has 2 fully saturated rings. The van der Waals surface area contributed by atoms with Crippen molar-refractivity contribution in [3.8, 4) is 0 Å². The Morgan fingerprint density at radius 2 is 1.95 bits per heavy atom. The van der Waals surface area contributed by atoms with Gasteiger partial charge in [-0.25, -0.2) is 0 Å². The molecule has 0 saturated carbocycles. The smallest absolute Gasteiger partial charge is 0.242 e. The molecule has 0 bridgehead atoms. The summed E-state index contributed by atoms with van der Waals surface area (Å²) in [5, 5.41) is 4.00. The fraction of sp³-hybridized carbons (Fsp3) is 0.562. The van der Waals surface area contributed by atoms with Gasteiger partial charge in [-0.15, -0.1) is 0 Å². The maximum Gasteiger partial charge on any atom is 0.242 e. The number of hydrogen-bond acceptors (Lipinski definition) is 4. The first kappa shape index (κ1) is 15.7. The molecule has 2 aliphatic rings. The molecule has 1 amide bonds. The average Bonchev–Trinajstić information content (AvgIpc) is 2.58. The van der Waals surface area contributed by atoms with Crippen LogP contribution in [0.15, 0.2) is 24.3 Å². The molecule has 1 aromatic rings. The van der Waals surface area contributed by atoms with Crippen molar-refractivity contribution in [3.63, 3.8) is 0 Å². The van der Waals surface area contributed by atoms with Crippen LogP contribution in [0.5, 0.6) is 0 Å². The maximum absolute atomic E-state index is 12.4. The Morgan fingerprint density at radius 3 is 2.59 bits per heavy atom. The van der Waals surface area contributed by atoms with E-state index in [-0.39, 0.29) is 11.9 Å². The number of amides is 1. The normalized spacial score (nSPS) is 23.5. The zero-order valence-corrected chi connectivity index (χ0v) is 13.4. The minimum Gasteiger partial charge on any atom is -0.378 e. The third-order valence-corrected chi connectivity index (χ3v) is 4.48. The predicted octanol–water partition coefficient (Wildman–Crippen LogP) is 0.973. The quantitative estimate of drug-likeness (QED) is 0.900. The summed E-state index contributed by atoms with van der Waals surface area (Å²) >= 11 is 5.91. The Bertz CT molecular complexity index is 495. The van der Waals surface area contributed by atoms with Gasteiger partial charge in [0.15, 0.2) is 0 Å². The van der Waals surface area contributed by atoms with E-state index in [0.717, 1.165) is 44.3 Å². The average molecular weight is 324 g/mol. The van der Waals surface area contributed by atoms with Crippen LogP contribution in [0.1, 0.15) is 5.56 Å². The van der Waals surface area contributed by atoms with Crippen LogP contribution in [-0.2, 0) is 16.1 Å². The summed E-state index contributed by atoms with van der Waals surface area (Å²) in [5.74, 6) is 0.172. The molecule has 0 aliphatic carbocycles. The van der Waals surface area contributed by atoms with Crippen LogP contribution in [0, 0.1) is 0 Å². The molecule has 120 valence electrons. The lowest BCUT2D eigenvalue weighted by Crippen LogP contribution is -2.57. The van der Waals surface area contributed by atoms with E-state index in [1.54, 1.807) is 0 Å². The molecule has 1 aromatic carbocycles. The Kier molecular flexibility index (Phi) is 5.31. The molecule has 0 radical (unpaired) electrons. The van der Waals surface area contributed by atoms with Gasteiger partial charge in [-0.2, -0.15) is 0 Å². The van der Waals surface area contributed by atoms with Crippen LogP contribution < -0.4 is 5.32 Å². The molecule has 0 aromatic heterocycles. The first-order valence-corrected chi connectivity index (χ1v) is 8.17. The van der Waals surface area contributed by atoms with Gasteiger partial charge in [0.1, 0.15) is 6.04 Å². The standard InChI is InChI=1S/C16H22ClN3O2/c17-14-3-1-13(2-4-14)11-19-6-8-20(9-7-19)16(21)15-12-22-10-5-18-15/h1-4,15,18H,5-12H2. The van der Waals surface area contributed by atoms with Crippen molar-refractivity contribution in [1.29, 1.82) is 0 Å². The lowest BCUT2D eigenvalue weighted by molar-refractivity contribution is -0.138. The first-order chi connectivity index (χ1) is 10.7. The predicted molar refractivity (Wildman–Crippen MR) is 85.9 cm³/mol. The van der Waals surface area contributed by atoms with Crippen LogP contribution in [0.4, 0.5) is 0 Å². The number of rotatable bonds is 3. The van der Waals surface area contributed by atoms with Crippen LogP contribution >= 0.6 is 11.6 Å². The van der Waals surface area contributed by atoms with Crippen molar-refractivity contribution in [2.75, 3.05) is 45.9 Å². The number of halogens is 1. The van der Waals surface area contributed by atoms with Crippen LogP contribution in [-0.4, -0.2) is 67.7 Å². The minimum atomic E-state index is -0.170. The maximum atomic E-state index is 12.4. The van der Waals surface area contributed by atoms with Crippen molar-refractivity contribution < 1.29 is 9.53 Å². The molecular formula is C16H22ClN3O2. The number of morpholine rings is 1. The number of hydrogen-bond donors (Lipinski definition) is 1. The third kappa shape index (κ3) is 3.98. The van der Waals surface area contributed by atoms with Gasteiger partial charge in [-0.3, -0.25) is 9.69 Å². The van der Waals surface area contributed by atoms with Gasteiger partial charge < -0.3 is 15.0 Å². The Morgan fingerprint density at radius 1 is 1.23 bits per heavy atom. The highest BCUT2D eigenvalue weighted by Gasteiger charge is 2.28. The summed E-state index contributed by atoms with van der Waals surface area (Å²) in [6.07, 6.45) is 0. The lowest BCUT2D eigenvalue weighted by atomic mass is 10.2. The van der Waals surface area contributed by atoms with Crippen LogP contribution in [0.25, 0.3) is 0 Å². The summed E-state index contributed by atoms with van der Waals surface area (Å²) in [6.45, 7) is 6.22. The number of ether oxygens (including phenoxy) is 1. The van der Waals surface area contributed by atoms with Gasteiger partial charge in [0.2, 0.25) is 5.91 Å². The summed E-state index contributed by atoms with van der Waals surface area (Å²) in [5.41, 5.74) is 1.26. The van der Waals surface area contributed by atoms with Gasteiger partial charge in [0.25, 0.3) is 0 Å². The van der Waals surface area contributed by atoms with Gasteiger partial charge in [0, 0.05) is 44.3 Å². The van der Waals surface area contributed by atoms with Crippen molar-refractivity contribution >= 4 is 17.5 Å². The fourth-order valence-corrected chi connectivity index (χ4v) is 3.04. The second-order valence-electron chi connectivity index (χ2n) is 5.81. The van der Waals surface area contributed by atoms with E-state index < -0.39 is 0 Å². The first-order valence-electron chi connectivity index (χ1n) is 7.79. The molecule has 22 heavy (non-hydrogen) atoms. The lowest BCUT2D eigenvalue weighted by Gasteiger charge is -2.37. The number of piperazine rings is 1. The number of nitrogens with zero attached hydrogens (tertiary/aromatic N) is 2. The molecule has 2 saturated heterocycles. The van der Waals surface area contributed by atoms with E-state index >= 15 is 0 Å². The van der Waals surface area contributed by atoms with Gasteiger partial charge in [0.05, 0.1) is 13.2 Å².